The van der Waals surface area contributed by atoms with Gasteiger partial charge in [0.15, 0.2) is 0 Å². The van der Waals surface area contributed by atoms with Gasteiger partial charge in [-0.25, -0.2) is 17.5 Å². The van der Waals surface area contributed by atoms with Gasteiger partial charge < -0.3 is 10.2 Å². The molecule has 2 rings (SSSR count). The van der Waals surface area contributed by atoms with Crippen molar-refractivity contribution < 1.29 is 17.6 Å². The SMILES string of the molecule is CC(C)NS(=O)(=O)c1cc(C(=O)Nc2cccc(CN(C)C)c2)ccc1F. The predicted molar refractivity (Wildman–Crippen MR) is 104 cm³/mol. The third-order valence-corrected chi connectivity index (χ3v) is 5.23. The quantitative estimate of drug-likeness (QED) is 0.758. The highest BCUT2D eigenvalue weighted by Gasteiger charge is 2.22. The molecule has 0 aliphatic carbocycles. The highest BCUT2D eigenvalue weighted by Crippen LogP contribution is 2.19. The van der Waals surface area contributed by atoms with Crippen LogP contribution in [0.1, 0.15) is 29.8 Å². The minimum absolute atomic E-state index is 0.0542. The first kappa shape index (κ1) is 21.0. The van der Waals surface area contributed by atoms with Crippen molar-refractivity contribution in [1.29, 1.82) is 0 Å². The molecular weight excluding hydrogens is 369 g/mol. The molecule has 146 valence electrons. The summed E-state index contributed by atoms with van der Waals surface area (Å²) in [4.78, 5) is 14.0. The second kappa shape index (κ2) is 8.60. The number of sulfonamides is 1. The standard InChI is InChI=1S/C19H24FN3O3S/c1-13(2)22-27(25,26)18-11-15(8-9-17(18)20)19(24)21-16-7-5-6-14(10-16)12-23(3)4/h5-11,13,22H,12H2,1-4H3,(H,21,24). The van der Waals surface area contributed by atoms with Crippen molar-refractivity contribution in [3.8, 4) is 0 Å². The highest BCUT2D eigenvalue weighted by atomic mass is 32.2. The van der Waals surface area contributed by atoms with Crippen LogP contribution in [0.25, 0.3) is 0 Å². The van der Waals surface area contributed by atoms with Gasteiger partial charge >= 0.3 is 0 Å². The molecule has 2 aromatic rings. The van der Waals surface area contributed by atoms with Gasteiger partial charge in [-0.3, -0.25) is 4.79 Å². The molecule has 0 aliphatic rings. The van der Waals surface area contributed by atoms with Crippen LogP contribution in [0.3, 0.4) is 0 Å². The minimum atomic E-state index is -4.05. The van der Waals surface area contributed by atoms with Gasteiger partial charge in [0.1, 0.15) is 10.7 Å². The summed E-state index contributed by atoms with van der Waals surface area (Å²) in [6.45, 7) is 3.98. The fourth-order valence-corrected chi connectivity index (χ4v) is 3.89. The van der Waals surface area contributed by atoms with Crippen LogP contribution in [-0.4, -0.2) is 39.4 Å². The number of carbonyl (C=O) groups excluding carboxylic acids is 1. The van der Waals surface area contributed by atoms with E-state index in [1.807, 2.05) is 37.2 Å². The number of carbonyl (C=O) groups is 1. The zero-order chi connectivity index (χ0) is 20.2. The molecule has 0 heterocycles. The Labute approximate surface area is 159 Å². The van der Waals surface area contributed by atoms with Crippen molar-refractivity contribution in [3.05, 3.63) is 59.4 Å². The van der Waals surface area contributed by atoms with E-state index in [1.54, 1.807) is 19.9 Å². The maximum absolute atomic E-state index is 14.0. The van der Waals surface area contributed by atoms with Crippen LogP contribution < -0.4 is 10.0 Å². The molecule has 1 amide bonds. The Morgan fingerprint density at radius 1 is 1.15 bits per heavy atom. The van der Waals surface area contributed by atoms with E-state index in [0.717, 1.165) is 17.7 Å². The van der Waals surface area contributed by atoms with E-state index in [1.165, 1.54) is 6.07 Å². The van der Waals surface area contributed by atoms with Crippen LogP contribution in [0.2, 0.25) is 0 Å². The van der Waals surface area contributed by atoms with Gasteiger partial charge in [-0.1, -0.05) is 12.1 Å². The fraction of sp³-hybridized carbons (Fsp3) is 0.316. The molecule has 0 fully saturated rings. The van der Waals surface area contributed by atoms with Gasteiger partial charge in [0.05, 0.1) is 0 Å². The summed E-state index contributed by atoms with van der Waals surface area (Å²) in [5, 5.41) is 2.72. The number of rotatable bonds is 7. The molecule has 0 unspecified atom stereocenters. The number of hydrogen-bond acceptors (Lipinski definition) is 4. The van der Waals surface area contributed by atoms with E-state index < -0.39 is 32.7 Å². The van der Waals surface area contributed by atoms with Gasteiger partial charge in [0.2, 0.25) is 10.0 Å². The van der Waals surface area contributed by atoms with Crippen LogP contribution in [0.4, 0.5) is 10.1 Å². The molecule has 0 spiro atoms. The van der Waals surface area contributed by atoms with E-state index in [4.69, 9.17) is 0 Å². The molecule has 0 bridgehead atoms. The number of amides is 1. The van der Waals surface area contributed by atoms with Crippen LogP contribution in [0, 0.1) is 5.82 Å². The predicted octanol–water partition coefficient (Wildman–Crippen LogP) is 2.83. The van der Waals surface area contributed by atoms with Gasteiger partial charge in [-0.05, 0) is 63.8 Å². The summed E-state index contributed by atoms with van der Waals surface area (Å²) < 4.78 is 40.9. The van der Waals surface area contributed by atoms with Crippen molar-refractivity contribution in [2.24, 2.45) is 0 Å². The van der Waals surface area contributed by atoms with E-state index in [0.29, 0.717) is 12.2 Å². The van der Waals surface area contributed by atoms with Crippen LogP contribution in [0.15, 0.2) is 47.4 Å². The monoisotopic (exact) mass is 393 g/mol. The fourth-order valence-electron chi connectivity index (χ4n) is 2.54. The lowest BCUT2D eigenvalue weighted by Gasteiger charge is -2.13. The summed E-state index contributed by atoms with van der Waals surface area (Å²) >= 11 is 0. The Morgan fingerprint density at radius 3 is 2.48 bits per heavy atom. The average Bonchev–Trinajstić information content (AvgIpc) is 2.53. The van der Waals surface area contributed by atoms with Crippen molar-refractivity contribution >= 4 is 21.6 Å². The van der Waals surface area contributed by atoms with Crippen molar-refractivity contribution in [2.45, 2.75) is 31.3 Å². The van der Waals surface area contributed by atoms with Crippen LogP contribution in [0.5, 0.6) is 0 Å². The van der Waals surface area contributed by atoms with Gasteiger partial charge in [0, 0.05) is 23.8 Å². The Kier molecular flexibility index (Phi) is 6.69. The lowest BCUT2D eigenvalue weighted by Crippen LogP contribution is -2.31. The molecule has 27 heavy (non-hydrogen) atoms. The Morgan fingerprint density at radius 2 is 1.85 bits per heavy atom. The molecule has 0 aliphatic heterocycles. The van der Waals surface area contributed by atoms with E-state index in [-0.39, 0.29) is 5.56 Å². The van der Waals surface area contributed by atoms with Crippen molar-refractivity contribution in [1.82, 2.24) is 9.62 Å². The van der Waals surface area contributed by atoms with E-state index in [9.17, 15) is 17.6 Å². The summed E-state index contributed by atoms with van der Waals surface area (Å²) in [7, 11) is -0.167. The molecule has 2 aromatic carbocycles. The second-order valence-corrected chi connectivity index (χ2v) is 8.50. The van der Waals surface area contributed by atoms with Gasteiger partial charge in [-0.2, -0.15) is 0 Å². The molecule has 2 N–H and O–H groups in total. The second-order valence-electron chi connectivity index (χ2n) is 6.81. The molecule has 0 radical (unpaired) electrons. The van der Waals surface area contributed by atoms with Gasteiger partial charge in [0.25, 0.3) is 5.91 Å². The lowest BCUT2D eigenvalue weighted by molar-refractivity contribution is 0.102. The third-order valence-electron chi connectivity index (χ3n) is 3.56. The van der Waals surface area contributed by atoms with E-state index in [2.05, 4.69) is 10.0 Å². The molecule has 6 nitrogen and oxygen atoms in total. The Hall–Kier alpha value is -2.29. The topological polar surface area (TPSA) is 78.5 Å². The molecule has 0 aromatic heterocycles. The van der Waals surface area contributed by atoms with E-state index >= 15 is 0 Å². The summed E-state index contributed by atoms with van der Waals surface area (Å²) in [5.74, 6) is -1.43. The number of nitrogens with zero attached hydrogens (tertiary/aromatic N) is 1. The molecule has 8 heteroatoms. The number of halogens is 1. The molecule has 0 saturated carbocycles. The smallest absolute Gasteiger partial charge is 0.255 e. The number of nitrogens with one attached hydrogen (secondary N) is 2. The highest BCUT2D eigenvalue weighted by molar-refractivity contribution is 7.89. The number of hydrogen-bond donors (Lipinski definition) is 2. The third kappa shape index (κ3) is 5.85. The normalized spacial score (nSPS) is 11.8. The maximum Gasteiger partial charge on any atom is 0.255 e. The molecular formula is C19H24FN3O3S. The lowest BCUT2D eigenvalue weighted by atomic mass is 10.1. The maximum atomic E-state index is 14.0. The first-order valence-electron chi connectivity index (χ1n) is 8.45. The summed E-state index contributed by atoms with van der Waals surface area (Å²) in [6.07, 6.45) is 0. The summed E-state index contributed by atoms with van der Waals surface area (Å²) in [5.41, 5.74) is 1.65. The van der Waals surface area contributed by atoms with Crippen LogP contribution in [-0.2, 0) is 16.6 Å². The van der Waals surface area contributed by atoms with Crippen molar-refractivity contribution in [3.63, 3.8) is 0 Å². The Balaban J connectivity index is 2.26. The zero-order valence-corrected chi connectivity index (χ0v) is 16.6. The summed E-state index contributed by atoms with van der Waals surface area (Å²) in [6, 6.07) is 10.2. The first-order chi connectivity index (χ1) is 12.6. The van der Waals surface area contributed by atoms with Gasteiger partial charge in [-0.15, -0.1) is 0 Å². The average molecular weight is 393 g/mol. The zero-order valence-electron chi connectivity index (χ0n) is 15.8. The largest absolute Gasteiger partial charge is 0.322 e. The number of anilines is 1. The molecule has 0 atom stereocenters. The van der Waals surface area contributed by atoms with Crippen molar-refractivity contribution in [2.75, 3.05) is 19.4 Å². The minimum Gasteiger partial charge on any atom is -0.322 e. The van der Waals surface area contributed by atoms with Crippen LogP contribution >= 0.6 is 0 Å². The number of benzene rings is 2. The first-order valence-corrected chi connectivity index (χ1v) is 9.93. The Bertz CT molecular complexity index is 928. The molecule has 0 saturated heterocycles.